The normalized spacial score (nSPS) is 15.8. The topological polar surface area (TPSA) is 65.4 Å². The molecule has 0 amide bonds. The van der Waals surface area contributed by atoms with Crippen LogP contribution in [0.5, 0.6) is 0 Å². The molecule has 6 heteroatoms. The second kappa shape index (κ2) is 5.88. The van der Waals surface area contributed by atoms with Crippen LogP contribution < -0.4 is 10.6 Å². The summed E-state index contributed by atoms with van der Waals surface area (Å²) in [6.45, 7) is 9.85. The molecule has 116 valence electrons. The highest BCUT2D eigenvalue weighted by Crippen LogP contribution is 2.18. The van der Waals surface area contributed by atoms with E-state index in [1.54, 1.807) is 0 Å². The third-order valence-corrected chi connectivity index (χ3v) is 3.86. The number of benzene rings is 1. The molecule has 0 unspecified atom stereocenters. The molecule has 0 aliphatic carbocycles. The molecule has 2 N–H and O–H groups in total. The van der Waals surface area contributed by atoms with Gasteiger partial charge in [0, 0.05) is 11.4 Å². The van der Waals surface area contributed by atoms with Crippen molar-refractivity contribution in [1.82, 2.24) is 20.2 Å². The Hall–Kier alpha value is -2.21. The van der Waals surface area contributed by atoms with Crippen molar-refractivity contribution in [2.24, 2.45) is 4.99 Å². The van der Waals surface area contributed by atoms with Crippen LogP contribution in [0, 0.1) is 13.8 Å². The maximum Gasteiger partial charge on any atom is 0.230 e. The van der Waals surface area contributed by atoms with Gasteiger partial charge in [0.25, 0.3) is 0 Å². The molecule has 3 rings (SSSR count). The van der Waals surface area contributed by atoms with Crippen molar-refractivity contribution in [3.8, 4) is 0 Å². The number of hydrogen-bond donors (Lipinski definition) is 2. The van der Waals surface area contributed by atoms with E-state index >= 15 is 0 Å². The zero-order chi connectivity index (χ0) is 15.7. The van der Waals surface area contributed by atoms with Crippen LogP contribution >= 0.6 is 0 Å². The lowest BCUT2D eigenvalue weighted by Crippen LogP contribution is -2.48. The van der Waals surface area contributed by atoms with Crippen molar-refractivity contribution in [2.75, 3.05) is 18.7 Å². The average molecular weight is 298 g/mol. The fourth-order valence-corrected chi connectivity index (χ4v) is 2.43. The van der Waals surface area contributed by atoms with Gasteiger partial charge in [-0.15, -0.1) is 0 Å². The van der Waals surface area contributed by atoms with E-state index in [1.165, 1.54) is 5.56 Å². The zero-order valence-corrected chi connectivity index (χ0v) is 13.5. The van der Waals surface area contributed by atoms with Crippen LogP contribution in [0.15, 0.2) is 23.2 Å². The summed E-state index contributed by atoms with van der Waals surface area (Å²) >= 11 is 0. The largest absolute Gasteiger partial charge is 0.343 e. The molecule has 2 heterocycles. The molecule has 0 spiro atoms. The first-order valence-electron chi connectivity index (χ1n) is 7.57. The molecule has 1 aliphatic heterocycles. The van der Waals surface area contributed by atoms with Gasteiger partial charge >= 0.3 is 0 Å². The average Bonchev–Trinajstić information content (AvgIpc) is 2.49. The number of anilines is 1. The summed E-state index contributed by atoms with van der Waals surface area (Å²) < 4.78 is 0. The molecule has 0 fully saturated rings. The fourth-order valence-electron chi connectivity index (χ4n) is 2.43. The summed E-state index contributed by atoms with van der Waals surface area (Å²) in [6.07, 6.45) is 0. The molecule has 1 aromatic carbocycles. The fraction of sp³-hybridized carbons (Fsp3) is 0.438. The third-order valence-electron chi connectivity index (χ3n) is 3.86. The van der Waals surface area contributed by atoms with Crippen LogP contribution in [0.2, 0.25) is 0 Å². The molecule has 1 aromatic heterocycles. The predicted molar refractivity (Wildman–Crippen MR) is 89.9 cm³/mol. The van der Waals surface area contributed by atoms with Gasteiger partial charge in [0.05, 0.1) is 24.5 Å². The Labute approximate surface area is 130 Å². The third kappa shape index (κ3) is 3.01. The van der Waals surface area contributed by atoms with E-state index in [-0.39, 0.29) is 0 Å². The smallest absolute Gasteiger partial charge is 0.230 e. The Morgan fingerprint density at radius 2 is 2.05 bits per heavy atom. The Balaban J connectivity index is 1.82. The van der Waals surface area contributed by atoms with Crippen molar-refractivity contribution in [3.63, 3.8) is 0 Å². The molecule has 0 atom stereocenters. The summed E-state index contributed by atoms with van der Waals surface area (Å²) in [6, 6.07) is 6.68. The first kappa shape index (κ1) is 14.7. The number of hydrogen-bond acceptors (Lipinski definition) is 6. The molecule has 0 saturated heterocycles. The minimum Gasteiger partial charge on any atom is -0.343 e. The van der Waals surface area contributed by atoms with Crippen molar-refractivity contribution in [1.29, 1.82) is 0 Å². The second-order valence-corrected chi connectivity index (χ2v) is 5.94. The van der Waals surface area contributed by atoms with Crippen LogP contribution in [-0.4, -0.2) is 40.2 Å². The van der Waals surface area contributed by atoms with E-state index in [0.29, 0.717) is 18.7 Å². The van der Waals surface area contributed by atoms with E-state index in [0.717, 1.165) is 29.2 Å². The first-order valence-corrected chi connectivity index (χ1v) is 7.57. The number of aryl methyl sites for hydroxylation is 2. The Morgan fingerprint density at radius 3 is 2.73 bits per heavy atom. The van der Waals surface area contributed by atoms with E-state index in [4.69, 9.17) is 0 Å². The van der Waals surface area contributed by atoms with Gasteiger partial charge in [-0.3, -0.25) is 10.2 Å². The summed E-state index contributed by atoms with van der Waals surface area (Å²) in [5.41, 5.74) is 3.13. The molecular weight excluding hydrogens is 276 g/mol. The van der Waals surface area contributed by atoms with Crippen LogP contribution in [0.3, 0.4) is 0 Å². The van der Waals surface area contributed by atoms with Gasteiger partial charge in [-0.2, -0.15) is 0 Å². The van der Waals surface area contributed by atoms with E-state index in [2.05, 4.69) is 63.4 Å². The lowest BCUT2D eigenvalue weighted by atomic mass is 10.1. The van der Waals surface area contributed by atoms with E-state index < -0.39 is 0 Å². The second-order valence-electron chi connectivity index (χ2n) is 5.94. The number of fused-ring (bicyclic) bond motifs is 1. The highest BCUT2D eigenvalue weighted by atomic mass is 15.4. The van der Waals surface area contributed by atoms with Gasteiger partial charge in [0.1, 0.15) is 0 Å². The Bertz CT molecular complexity index is 722. The van der Waals surface area contributed by atoms with Gasteiger partial charge in [-0.25, -0.2) is 15.0 Å². The summed E-state index contributed by atoms with van der Waals surface area (Å²) in [7, 11) is 0. The Kier molecular flexibility index (Phi) is 3.94. The number of guanidine groups is 1. The minimum absolute atomic E-state index is 0.472. The van der Waals surface area contributed by atoms with Crippen LogP contribution in [0.25, 0.3) is 10.9 Å². The SMILES string of the molecule is Cc1ccc2nc(NC3=NCN(C(C)C)CN3)nc(C)c2c1. The summed E-state index contributed by atoms with van der Waals surface area (Å²) in [5, 5.41) is 7.53. The number of rotatable bonds is 2. The molecule has 22 heavy (non-hydrogen) atoms. The molecular formula is C16H22N6. The molecule has 6 nitrogen and oxygen atoms in total. The van der Waals surface area contributed by atoms with Gasteiger partial charge in [0.15, 0.2) is 0 Å². The summed E-state index contributed by atoms with van der Waals surface area (Å²) in [4.78, 5) is 15.8. The monoisotopic (exact) mass is 298 g/mol. The van der Waals surface area contributed by atoms with Crippen LogP contribution in [-0.2, 0) is 0 Å². The maximum atomic E-state index is 4.57. The van der Waals surface area contributed by atoms with Gasteiger partial charge in [0.2, 0.25) is 11.9 Å². The maximum absolute atomic E-state index is 4.57. The molecule has 0 bridgehead atoms. The number of aliphatic imine (C=N–C) groups is 1. The highest BCUT2D eigenvalue weighted by molar-refractivity contribution is 5.93. The van der Waals surface area contributed by atoms with Gasteiger partial charge in [-0.1, -0.05) is 11.6 Å². The standard InChI is InChI=1S/C16H22N6/c1-10(2)22-8-17-15(18-9-22)21-16-19-12(4)13-7-11(3)5-6-14(13)20-16/h5-7,10H,8-9H2,1-4H3,(H2,17,18,19,20,21). The predicted octanol–water partition coefficient (Wildman–Crippen LogP) is 2.24. The van der Waals surface area contributed by atoms with Gasteiger partial charge < -0.3 is 5.32 Å². The quantitative estimate of drug-likeness (QED) is 0.890. The van der Waals surface area contributed by atoms with Crippen LogP contribution in [0.4, 0.5) is 5.95 Å². The lowest BCUT2D eigenvalue weighted by Gasteiger charge is -2.29. The van der Waals surface area contributed by atoms with Crippen molar-refractivity contribution in [3.05, 3.63) is 29.5 Å². The minimum atomic E-state index is 0.472. The lowest BCUT2D eigenvalue weighted by molar-refractivity contribution is 0.214. The van der Waals surface area contributed by atoms with Crippen molar-refractivity contribution in [2.45, 2.75) is 33.7 Å². The van der Waals surface area contributed by atoms with Crippen molar-refractivity contribution < 1.29 is 0 Å². The number of aromatic nitrogens is 2. The molecule has 0 saturated carbocycles. The zero-order valence-electron chi connectivity index (χ0n) is 13.5. The molecule has 2 aromatic rings. The van der Waals surface area contributed by atoms with Crippen LogP contribution in [0.1, 0.15) is 25.1 Å². The van der Waals surface area contributed by atoms with Gasteiger partial charge in [-0.05, 0) is 39.8 Å². The Morgan fingerprint density at radius 1 is 1.23 bits per heavy atom. The highest BCUT2D eigenvalue weighted by Gasteiger charge is 2.15. The summed E-state index contributed by atoms with van der Waals surface area (Å²) in [5.74, 6) is 1.31. The van der Waals surface area contributed by atoms with E-state index in [1.807, 2.05) is 13.0 Å². The molecule has 1 aliphatic rings. The van der Waals surface area contributed by atoms with Crippen molar-refractivity contribution >= 4 is 22.8 Å². The first-order chi connectivity index (χ1) is 10.5. The number of nitrogens with one attached hydrogen (secondary N) is 2. The number of nitrogens with zero attached hydrogens (tertiary/aromatic N) is 4. The van der Waals surface area contributed by atoms with E-state index in [9.17, 15) is 0 Å². The molecule has 0 radical (unpaired) electrons.